The summed E-state index contributed by atoms with van der Waals surface area (Å²) in [6.45, 7) is 1.56. The fourth-order valence-electron chi connectivity index (χ4n) is 1.27. The predicted octanol–water partition coefficient (Wildman–Crippen LogP) is 2.45. The van der Waals surface area contributed by atoms with Crippen molar-refractivity contribution in [3.05, 3.63) is 29.4 Å². The van der Waals surface area contributed by atoms with Gasteiger partial charge in [-0.1, -0.05) is 0 Å². The summed E-state index contributed by atoms with van der Waals surface area (Å²) in [5.74, 6) is 0.796. The highest BCUT2D eigenvalue weighted by atomic mass is 32.1. The summed E-state index contributed by atoms with van der Waals surface area (Å²) >= 11 is 1.43. The van der Waals surface area contributed by atoms with Crippen LogP contribution in [0.4, 0.5) is 5.82 Å². The van der Waals surface area contributed by atoms with Crippen molar-refractivity contribution in [3.8, 4) is 10.6 Å². The fraction of sp³-hybridized carbons (Fsp3) is 0.182. The predicted molar refractivity (Wildman–Crippen MR) is 64.9 cm³/mol. The first-order chi connectivity index (χ1) is 7.70. The second kappa shape index (κ2) is 4.40. The quantitative estimate of drug-likeness (QED) is 0.827. The van der Waals surface area contributed by atoms with Crippen LogP contribution < -0.4 is 5.32 Å². The highest BCUT2D eigenvalue weighted by Crippen LogP contribution is 2.26. The zero-order valence-electron chi connectivity index (χ0n) is 9.02. The number of aromatic nitrogens is 2. The lowest BCUT2D eigenvalue weighted by Crippen LogP contribution is -1.93. The van der Waals surface area contributed by atoms with Crippen molar-refractivity contribution in [2.75, 3.05) is 12.4 Å². The molecule has 0 spiro atoms. The highest BCUT2D eigenvalue weighted by molar-refractivity contribution is 7.17. The van der Waals surface area contributed by atoms with Crippen LogP contribution in [0.5, 0.6) is 0 Å². The largest absolute Gasteiger partial charge is 0.372 e. The Kier molecular flexibility index (Phi) is 2.96. The molecular formula is C11H11N3OS. The van der Waals surface area contributed by atoms with Crippen LogP contribution in [0.1, 0.15) is 16.6 Å². The van der Waals surface area contributed by atoms with E-state index in [1.165, 1.54) is 11.3 Å². The molecule has 0 aliphatic rings. The maximum atomic E-state index is 11.2. The molecule has 0 saturated carbocycles. The van der Waals surface area contributed by atoms with E-state index >= 15 is 0 Å². The minimum Gasteiger partial charge on any atom is -0.372 e. The van der Waals surface area contributed by atoms with Crippen LogP contribution in [0.15, 0.2) is 24.5 Å². The maximum absolute atomic E-state index is 11.2. The van der Waals surface area contributed by atoms with E-state index < -0.39 is 0 Å². The van der Waals surface area contributed by atoms with Crippen molar-refractivity contribution in [1.82, 2.24) is 9.97 Å². The molecule has 0 aromatic carbocycles. The second-order valence-electron chi connectivity index (χ2n) is 3.26. The van der Waals surface area contributed by atoms with E-state index in [2.05, 4.69) is 15.3 Å². The van der Waals surface area contributed by atoms with Crippen LogP contribution in [0.25, 0.3) is 10.6 Å². The van der Waals surface area contributed by atoms with Crippen LogP contribution in [0, 0.1) is 0 Å². The molecule has 0 aliphatic heterocycles. The Morgan fingerprint density at radius 3 is 2.81 bits per heavy atom. The molecule has 0 atom stereocenters. The number of nitrogens with one attached hydrogen (secondary N) is 1. The van der Waals surface area contributed by atoms with Crippen molar-refractivity contribution in [2.24, 2.45) is 0 Å². The van der Waals surface area contributed by atoms with Gasteiger partial charge in [0.1, 0.15) is 11.5 Å². The molecule has 2 aromatic heterocycles. The molecular weight excluding hydrogens is 222 g/mol. The van der Waals surface area contributed by atoms with E-state index in [1.54, 1.807) is 26.4 Å². The van der Waals surface area contributed by atoms with Crippen molar-refractivity contribution < 1.29 is 4.79 Å². The van der Waals surface area contributed by atoms with E-state index in [9.17, 15) is 4.79 Å². The lowest BCUT2D eigenvalue weighted by Gasteiger charge is -2.00. The number of rotatable bonds is 3. The van der Waals surface area contributed by atoms with E-state index in [-0.39, 0.29) is 5.78 Å². The Balaban J connectivity index is 2.38. The third kappa shape index (κ3) is 2.09. The number of Topliss-reactive ketones (excluding diaryl/α,β-unsaturated/α-hetero) is 1. The number of carbonyl (C=O) groups is 1. The van der Waals surface area contributed by atoms with Gasteiger partial charge in [-0.05, 0) is 19.1 Å². The van der Waals surface area contributed by atoms with Crippen LogP contribution in [0.3, 0.4) is 0 Å². The first-order valence-electron chi connectivity index (χ1n) is 4.81. The SMILES string of the molecule is CNc1cncc(-c2ccc(C(C)=O)s2)n1. The van der Waals surface area contributed by atoms with Gasteiger partial charge >= 0.3 is 0 Å². The number of ketones is 1. The van der Waals surface area contributed by atoms with E-state index in [1.807, 2.05) is 12.1 Å². The normalized spacial score (nSPS) is 10.1. The lowest BCUT2D eigenvalue weighted by atomic mass is 10.3. The lowest BCUT2D eigenvalue weighted by molar-refractivity contribution is 0.102. The molecule has 1 N–H and O–H groups in total. The third-order valence-corrected chi connectivity index (χ3v) is 3.30. The van der Waals surface area contributed by atoms with Crippen LogP contribution in [-0.2, 0) is 0 Å². The van der Waals surface area contributed by atoms with Gasteiger partial charge in [0.25, 0.3) is 0 Å². The molecule has 5 heteroatoms. The van der Waals surface area contributed by atoms with Gasteiger partial charge in [0.15, 0.2) is 5.78 Å². The summed E-state index contributed by atoms with van der Waals surface area (Å²) in [6, 6.07) is 3.71. The minimum atomic E-state index is 0.0778. The monoisotopic (exact) mass is 233 g/mol. The Hall–Kier alpha value is -1.75. The van der Waals surface area contributed by atoms with E-state index in [0.29, 0.717) is 0 Å². The molecule has 0 aliphatic carbocycles. The van der Waals surface area contributed by atoms with Crippen LogP contribution in [0.2, 0.25) is 0 Å². The minimum absolute atomic E-state index is 0.0778. The average Bonchev–Trinajstić information content (AvgIpc) is 2.78. The summed E-state index contributed by atoms with van der Waals surface area (Å²) in [5, 5.41) is 2.93. The van der Waals surface area contributed by atoms with Gasteiger partial charge in [-0.25, -0.2) is 4.98 Å². The zero-order chi connectivity index (χ0) is 11.5. The molecule has 2 rings (SSSR count). The van der Waals surface area contributed by atoms with Crippen molar-refractivity contribution in [2.45, 2.75) is 6.92 Å². The standard InChI is InChI=1S/C11H11N3OS/c1-7(15)9-3-4-10(16-9)8-5-13-6-11(12-2)14-8/h3-6H,1-2H3,(H,12,14). The molecule has 0 bridgehead atoms. The molecule has 0 radical (unpaired) electrons. The third-order valence-electron chi connectivity index (χ3n) is 2.10. The zero-order valence-corrected chi connectivity index (χ0v) is 9.84. The highest BCUT2D eigenvalue weighted by Gasteiger charge is 2.07. The first-order valence-corrected chi connectivity index (χ1v) is 5.63. The molecule has 2 heterocycles. The van der Waals surface area contributed by atoms with Crippen molar-refractivity contribution in [3.63, 3.8) is 0 Å². The molecule has 0 amide bonds. The topological polar surface area (TPSA) is 54.9 Å². The van der Waals surface area contributed by atoms with Gasteiger partial charge in [0.05, 0.1) is 22.1 Å². The maximum Gasteiger partial charge on any atom is 0.169 e. The first kappa shape index (κ1) is 10.8. The molecule has 2 aromatic rings. The van der Waals surface area contributed by atoms with E-state index in [0.717, 1.165) is 21.3 Å². The number of anilines is 1. The summed E-state index contributed by atoms with van der Waals surface area (Å²) in [6.07, 6.45) is 3.35. The van der Waals surface area contributed by atoms with Crippen molar-refractivity contribution in [1.29, 1.82) is 0 Å². The fourth-order valence-corrected chi connectivity index (χ4v) is 2.13. The number of thiophene rings is 1. The van der Waals surface area contributed by atoms with Crippen LogP contribution in [-0.4, -0.2) is 22.8 Å². The summed E-state index contributed by atoms with van der Waals surface area (Å²) in [7, 11) is 1.79. The number of nitrogens with zero attached hydrogens (tertiary/aromatic N) is 2. The average molecular weight is 233 g/mol. The van der Waals surface area contributed by atoms with Gasteiger partial charge < -0.3 is 5.32 Å². The Morgan fingerprint density at radius 1 is 1.38 bits per heavy atom. The Morgan fingerprint density at radius 2 is 2.19 bits per heavy atom. The second-order valence-corrected chi connectivity index (χ2v) is 4.34. The van der Waals surface area contributed by atoms with E-state index in [4.69, 9.17) is 0 Å². The molecule has 82 valence electrons. The smallest absolute Gasteiger partial charge is 0.169 e. The van der Waals surface area contributed by atoms with Gasteiger partial charge in [0, 0.05) is 7.05 Å². The Bertz CT molecular complexity index is 521. The number of hydrogen-bond donors (Lipinski definition) is 1. The van der Waals surface area contributed by atoms with Crippen molar-refractivity contribution >= 4 is 22.9 Å². The molecule has 4 nitrogen and oxygen atoms in total. The van der Waals surface area contributed by atoms with Gasteiger partial charge in [-0.2, -0.15) is 0 Å². The van der Waals surface area contributed by atoms with Gasteiger partial charge in [0.2, 0.25) is 0 Å². The van der Waals surface area contributed by atoms with Gasteiger partial charge in [-0.15, -0.1) is 11.3 Å². The molecule has 16 heavy (non-hydrogen) atoms. The number of carbonyl (C=O) groups excluding carboxylic acids is 1. The summed E-state index contributed by atoms with van der Waals surface area (Å²) < 4.78 is 0. The molecule has 0 fully saturated rings. The molecule has 0 unspecified atom stereocenters. The molecule has 0 saturated heterocycles. The summed E-state index contributed by atoms with van der Waals surface area (Å²) in [5.41, 5.74) is 0.782. The van der Waals surface area contributed by atoms with Gasteiger partial charge in [-0.3, -0.25) is 9.78 Å². The number of hydrogen-bond acceptors (Lipinski definition) is 5. The van der Waals surface area contributed by atoms with Crippen LogP contribution >= 0.6 is 11.3 Å². The Labute approximate surface area is 97.4 Å². The summed E-state index contributed by atoms with van der Waals surface area (Å²) in [4.78, 5) is 21.3.